The van der Waals surface area contributed by atoms with Gasteiger partial charge in [-0.15, -0.1) is 0 Å². The van der Waals surface area contributed by atoms with E-state index in [2.05, 4.69) is 0 Å². The Labute approximate surface area is 121 Å². The number of rotatable bonds is 5. The van der Waals surface area contributed by atoms with E-state index in [1.807, 2.05) is 54.6 Å². The van der Waals surface area contributed by atoms with Gasteiger partial charge in [0.15, 0.2) is 0 Å². The van der Waals surface area contributed by atoms with Gasteiger partial charge in [0.1, 0.15) is 5.60 Å². The monoisotopic (exact) mass is 360 g/mol. The van der Waals surface area contributed by atoms with Crippen LogP contribution in [0.2, 0.25) is 0 Å². The highest BCUT2D eigenvalue weighted by Crippen LogP contribution is 2.36. The molecule has 1 aromatic carbocycles. The third kappa shape index (κ3) is 2.92. The molecule has 3 nitrogen and oxygen atoms in total. The maximum atomic E-state index is 11.3. The number of aliphatic carboxylic acids is 1. The van der Waals surface area contributed by atoms with Crippen LogP contribution in [-0.4, -0.2) is 16.2 Å². The molecule has 1 rings (SSSR count). The number of hydrogen-bond acceptors (Lipinski definition) is 2. The van der Waals surface area contributed by atoms with E-state index < -0.39 is 11.6 Å². The molecule has 18 heavy (non-hydrogen) atoms. The van der Waals surface area contributed by atoms with Crippen LogP contribution in [0.5, 0.6) is 0 Å². The highest BCUT2D eigenvalue weighted by Gasteiger charge is 2.37. The first kappa shape index (κ1) is 15.2. The van der Waals surface area contributed by atoms with E-state index in [-0.39, 0.29) is 5.57 Å². The van der Waals surface area contributed by atoms with Gasteiger partial charge in [-0.25, -0.2) is 4.79 Å². The fourth-order valence-corrected chi connectivity index (χ4v) is 2.91. The summed E-state index contributed by atoms with van der Waals surface area (Å²) in [6, 6.07) is 7.35. The van der Waals surface area contributed by atoms with Gasteiger partial charge in [-0.3, -0.25) is 0 Å². The van der Waals surface area contributed by atoms with Crippen LogP contribution in [0.4, 0.5) is 0 Å². The maximum Gasteiger partial charge on any atom is 0.335 e. The smallest absolute Gasteiger partial charge is 0.335 e. The Balaban J connectivity index is 3.40. The standard InChI is InChI=1S/C14H17IO3/c1-3-8-14(18,12(9-15)13(16)17)11-7-5-4-6-10(11)2/h4-7,9,18H,3,8H2,1-2H3,(H,16,17)/b12-9-. The number of aliphatic hydroxyl groups is 1. The fourth-order valence-electron chi connectivity index (χ4n) is 2.13. The Morgan fingerprint density at radius 3 is 2.50 bits per heavy atom. The molecule has 4 heteroatoms. The van der Waals surface area contributed by atoms with Gasteiger partial charge in [0.25, 0.3) is 0 Å². The van der Waals surface area contributed by atoms with Crippen molar-refractivity contribution in [3.63, 3.8) is 0 Å². The Bertz CT molecular complexity index is 468. The van der Waals surface area contributed by atoms with Crippen LogP contribution in [-0.2, 0) is 10.4 Å². The minimum Gasteiger partial charge on any atom is -0.478 e. The lowest BCUT2D eigenvalue weighted by atomic mass is 9.81. The predicted octanol–water partition coefficient (Wildman–Crippen LogP) is 3.39. The molecule has 0 aliphatic rings. The van der Waals surface area contributed by atoms with Gasteiger partial charge in [-0.2, -0.15) is 0 Å². The van der Waals surface area contributed by atoms with Gasteiger partial charge in [-0.05, 0) is 28.6 Å². The lowest BCUT2D eigenvalue weighted by Crippen LogP contribution is -2.32. The first-order valence-corrected chi connectivity index (χ1v) is 7.04. The van der Waals surface area contributed by atoms with Crippen molar-refractivity contribution in [3.8, 4) is 0 Å². The summed E-state index contributed by atoms with van der Waals surface area (Å²) in [5, 5.41) is 20.1. The summed E-state index contributed by atoms with van der Waals surface area (Å²) in [6.45, 7) is 3.80. The van der Waals surface area contributed by atoms with Crippen LogP contribution >= 0.6 is 22.6 Å². The van der Waals surface area contributed by atoms with Crippen molar-refractivity contribution in [2.45, 2.75) is 32.3 Å². The average molecular weight is 360 g/mol. The van der Waals surface area contributed by atoms with Crippen molar-refractivity contribution in [1.29, 1.82) is 0 Å². The lowest BCUT2D eigenvalue weighted by molar-refractivity contribution is -0.135. The molecule has 0 aromatic heterocycles. The van der Waals surface area contributed by atoms with Crippen molar-refractivity contribution in [3.05, 3.63) is 45.0 Å². The normalized spacial score (nSPS) is 15.2. The molecule has 0 heterocycles. The third-order valence-corrected chi connectivity index (χ3v) is 3.61. The third-order valence-electron chi connectivity index (χ3n) is 2.99. The van der Waals surface area contributed by atoms with E-state index in [1.54, 1.807) is 6.07 Å². The van der Waals surface area contributed by atoms with Crippen LogP contribution in [0.3, 0.4) is 0 Å². The van der Waals surface area contributed by atoms with E-state index >= 15 is 0 Å². The lowest BCUT2D eigenvalue weighted by Gasteiger charge is -2.30. The Kier molecular flexibility index (Phi) is 5.34. The Hall–Kier alpha value is -0.880. The van der Waals surface area contributed by atoms with Gasteiger partial charge >= 0.3 is 5.97 Å². The second-order valence-corrected chi connectivity index (χ2v) is 4.88. The van der Waals surface area contributed by atoms with Crippen LogP contribution in [0.1, 0.15) is 30.9 Å². The molecule has 0 aliphatic carbocycles. The molecule has 0 spiro atoms. The summed E-state index contributed by atoms with van der Waals surface area (Å²) < 4.78 is 1.45. The molecule has 0 fully saturated rings. The van der Waals surface area contributed by atoms with Crippen molar-refractivity contribution in [1.82, 2.24) is 0 Å². The molecule has 2 N–H and O–H groups in total. The van der Waals surface area contributed by atoms with E-state index in [0.29, 0.717) is 18.4 Å². The number of carboxylic acids is 1. The quantitative estimate of drug-likeness (QED) is 0.625. The minimum absolute atomic E-state index is 0.0271. The number of halogens is 1. The zero-order valence-corrected chi connectivity index (χ0v) is 12.6. The van der Waals surface area contributed by atoms with Crippen LogP contribution in [0, 0.1) is 6.92 Å². The van der Waals surface area contributed by atoms with E-state index in [4.69, 9.17) is 0 Å². The van der Waals surface area contributed by atoms with Gasteiger partial charge in [0.05, 0.1) is 5.57 Å². The topological polar surface area (TPSA) is 57.5 Å². The van der Waals surface area contributed by atoms with Gasteiger partial charge < -0.3 is 10.2 Å². The van der Waals surface area contributed by atoms with Gasteiger partial charge in [0.2, 0.25) is 0 Å². The molecule has 0 aliphatic heterocycles. The van der Waals surface area contributed by atoms with Crippen LogP contribution in [0.15, 0.2) is 33.9 Å². The fraction of sp³-hybridized carbons (Fsp3) is 0.357. The highest BCUT2D eigenvalue weighted by molar-refractivity contribution is 14.1. The molecule has 1 atom stereocenters. The van der Waals surface area contributed by atoms with Gasteiger partial charge in [-0.1, -0.05) is 60.2 Å². The molecule has 1 unspecified atom stereocenters. The summed E-state index contributed by atoms with van der Waals surface area (Å²) in [5.41, 5.74) is 0.162. The average Bonchev–Trinajstić information content (AvgIpc) is 2.30. The van der Waals surface area contributed by atoms with Crippen LogP contribution < -0.4 is 0 Å². The zero-order chi connectivity index (χ0) is 13.8. The van der Waals surface area contributed by atoms with E-state index in [9.17, 15) is 15.0 Å². The number of aryl methyl sites for hydroxylation is 1. The molecule has 0 saturated heterocycles. The molecule has 1 aromatic rings. The van der Waals surface area contributed by atoms with Gasteiger partial charge in [0, 0.05) is 0 Å². The zero-order valence-electron chi connectivity index (χ0n) is 10.5. The SMILES string of the molecule is CCCC(O)(/C(=C\I)C(=O)O)c1ccccc1C. The first-order chi connectivity index (χ1) is 8.47. The number of carbonyl (C=O) groups is 1. The van der Waals surface area contributed by atoms with Crippen molar-refractivity contribution in [2.75, 3.05) is 0 Å². The summed E-state index contributed by atoms with van der Waals surface area (Å²) >= 11 is 1.87. The predicted molar refractivity (Wildman–Crippen MR) is 79.7 cm³/mol. The Morgan fingerprint density at radius 2 is 2.06 bits per heavy atom. The second-order valence-electron chi connectivity index (χ2n) is 4.25. The second kappa shape index (κ2) is 6.33. The largest absolute Gasteiger partial charge is 0.478 e. The van der Waals surface area contributed by atoms with Crippen molar-refractivity contribution < 1.29 is 15.0 Å². The summed E-state index contributed by atoms with van der Waals surface area (Å²) in [6.07, 6.45) is 1.09. The van der Waals surface area contributed by atoms with Crippen molar-refractivity contribution >= 4 is 28.6 Å². The molecular formula is C14H17IO3. The Morgan fingerprint density at radius 1 is 1.44 bits per heavy atom. The molecular weight excluding hydrogens is 343 g/mol. The van der Waals surface area contributed by atoms with E-state index in [1.165, 1.54) is 4.08 Å². The molecule has 0 saturated carbocycles. The molecule has 0 bridgehead atoms. The number of carboxylic acid groups (broad SMARTS) is 1. The van der Waals surface area contributed by atoms with Crippen molar-refractivity contribution in [2.24, 2.45) is 0 Å². The highest BCUT2D eigenvalue weighted by atomic mass is 127. The number of benzene rings is 1. The minimum atomic E-state index is -1.42. The maximum absolute atomic E-state index is 11.3. The molecule has 98 valence electrons. The van der Waals surface area contributed by atoms with Crippen LogP contribution in [0.25, 0.3) is 0 Å². The summed E-state index contributed by atoms with van der Waals surface area (Å²) in [5.74, 6) is -1.08. The summed E-state index contributed by atoms with van der Waals surface area (Å²) in [7, 11) is 0. The number of hydrogen-bond donors (Lipinski definition) is 2. The molecule has 0 radical (unpaired) electrons. The van der Waals surface area contributed by atoms with E-state index in [0.717, 1.165) is 5.56 Å². The molecule has 0 amide bonds. The summed E-state index contributed by atoms with van der Waals surface area (Å²) in [4.78, 5) is 11.3. The first-order valence-electron chi connectivity index (χ1n) is 5.80.